The van der Waals surface area contributed by atoms with Crippen molar-refractivity contribution in [3.05, 3.63) is 78.9 Å². The van der Waals surface area contributed by atoms with Crippen LogP contribution < -0.4 is 0 Å². The van der Waals surface area contributed by atoms with E-state index < -0.39 is 0 Å². The van der Waals surface area contributed by atoms with Crippen LogP contribution in [0.2, 0.25) is 0 Å². The highest BCUT2D eigenvalue weighted by atomic mass is 16.6. The van der Waals surface area contributed by atoms with Gasteiger partial charge in [0.2, 0.25) is 0 Å². The summed E-state index contributed by atoms with van der Waals surface area (Å²) in [5.41, 5.74) is 3.04. The van der Waals surface area contributed by atoms with Crippen molar-refractivity contribution in [2.45, 2.75) is 43.9 Å². The van der Waals surface area contributed by atoms with E-state index in [1.54, 1.807) is 24.7 Å². The topological polar surface area (TPSA) is 124 Å². The van der Waals surface area contributed by atoms with Gasteiger partial charge < -0.3 is 19.3 Å². The zero-order valence-electron chi connectivity index (χ0n) is 21.1. The number of amides is 1. The first-order valence-electron chi connectivity index (χ1n) is 13.0. The number of hydrogen-bond donors (Lipinski definition) is 1. The number of pyridine rings is 1. The molecule has 1 saturated heterocycles. The van der Waals surface area contributed by atoms with Crippen LogP contribution in [-0.4, -0.2) is 62.9 Å². The second kappa shape index (κ2) is 9.19. The monoisotopic (exact) mass is 522 g/mol. The second-order valence-corrected chi connectivity index (χ2v) is 10.2. The number of hydrogen-bond acceptors (Lipinski definition) is 8. The number of aromatic nitrogens is 7. The predicted octanol–water partition coefficient (Wildman–Crippen LogP) is 4.29. The van der Waals surface area contributed by atoms with E-state index in [-0.39, 0.29) is 30.0 Å². The minimum atomic E-state index is -0.237. The van der Waals surface area contributed by atoms with E-state index in [0.29, 0.717) is 23.6 Å². The van der Waals surface area contributed by atoms with Crippen molar-refractivity contribution in [3.63, 3.8) is 0 Å². The molecule has 1 aliphatic carbocycles. The van der Waals surface area contributed by atoms with Crippen LogP contribution in [0.25, 0.3) is 28.1 Å². The van der Waals surface area contributed by atoms with Gasteiger partial charge in [-0.05, 0) is 43.4 Å². The maximum Gasteiger partial charge on any atom is 0.410 e. The van der Waals surface area contributed by atoms with Crippen molar-refractivity contribution in [1.82, 2.24) is 39.6 Å². The van der Waals surface area contributed by atoms with Gasteiger partial charge in [-0.15, -0.1) is 15.3 Å². The number of carbonyl (C=O) groups is 1. The van der Waals surface area contributed by atoms with E-state index in [1.165, 1.54) is 4.68 Å². The number of rotatable bonds is 5. The van der Waals surface area contributed by atoms with E-state index in [9.17, 15) is 9.90 Å². The minimum Gasteiger partial charge on any atom is -0.506 e. The summed E-state index contributed by atoms with van der Waals surface area (Å²) < 4.78 is 9.34. The van der Waals surface area contributed by atoms with Gasteiger partial charge in [0.15, 0.2) is 5.65 Å². The summed E-state index contributed by atoms with van der Waals surface area (Å²) in [6.07, 6.45) is 10.3. The molecule has 196 valence electrons. The number of aromatic hydroxyl groups is 1. The van der Waals surface area contributed by atoms with E-state index in [0.717, 1.165) is 42.3 Å². The Balaban J connectivity index is 1.08. The molecule has 5 heterocycles. The quantitative estimate of drug-likeness (QED) is 0.363. The van der Waals surface area contributed by atoms with Crippen LogP contribution >= 0.6 is 0 Å². The fraction of sp³-hybridized carbons (Fsp3) is 0.286. The van der Waals surface area contributed by atoms with Crippen LogP contribution in [0.5, 0.6) is 5.75 Å². The maximum atomic E-state index is 13.0. The van der Waals surface area contributed by atoms with Crippen molar-refractivity contribution < 1.29 is 14.6 Å². The lowest BCUT2D eigenvalue weighted by Crippen LogP contribution is -2.48. The van der Waals surface area contributed by atoms with Crippen molar-refractivity contribution in [2.24, 2.45) is 0 Å². The number of benzene rings is 1. The number of ether oxygens (including phenoxy) is 1. The Morgan fingerprint density at radius 1 is 1.10 bits per heavy atom. The molecule has 2 aliphatic rings. The fourth-order valence-electron chi connectivity index (χ4n) is 5.58. The molecule has 1 spiro atoms. The summed E-state index contributed by atoms with van der Waals surface area (Å²) in [7, 11) is 0. The largest absolute Gasteiger partial charge is 0.506 e. The normalized spacial score (nSPS) is 17.9. The number of piperidine rings is 1. The van der Waals surface area contributed by atoms with Gasteiger partial charge in [-0.1, -0.05) is 35.5 Å². The molecule has 0 bridgehead atoms. The van der Waals surface area contributed by atoms with Crippen LogP contribution in [0.15, 0.2) is 73.3 Å². The van der Waals surface area contributed by atoms with E-state index in [2.05, 4.69) is 30.1 Å². The number of carbonyl (C=O) groups excluding carboxylic acids is 1. The lowest BCUT2D eigenvalue weighted by Gasteiger charge is -2.40. The Morgan fingerprint density at radius 2 is 1.97 bits per heavy atom. The molecule has 11 nitrogen and oxygen atoms in total. The Hall–Kier alpha value is -4.80. The van der Waals surface area contributed by atoms with Gasteiger partial charge in [0.05, 0.1) is 24.3 Å². The van der Waals surface area contributed by atoms with E-state index >= 15 is 0 Å². The summed E-state index contributed by atoms with van der Waals surface area (Å²) >= 11 is 0. The van der Waals surface area contributed by atoms with Gasteiger partial charge in [-0.25, -0.2) is 14.5 Å². The molecule has 5 aromatic rings. The third kappa shape index (κ3) is 4.25. The number of fused-ring (bicyclic) bond motifs is 1. The van der Waals surface area contributed by atoms with Crippen LogP contribution in [0.3, 0.4) is 0 Å². The average Bonchev–Trinajstić information content (AvgIpc) is 3.35. The van der Waals surface area contributed by atoms with Crippen LogP contribution in [0, 0.1) is 0 Å². The summed E-state index contributed by atoms with van der Waals surface area (Å²) in [6.45, 7) is 0.919. The highest BCUT2D eigenvalue weighted by Gasteiger charge is 2.54. The van der Waals surface area contributed by atoms with Crippen molar-refractivity contribution >= 4 is 17.1 Å². The summed E-state index contributed by atoms with van der Waals surface area (Å²) in [4.78, 5) is 19.3. The lowest BCUT2D eigenvalue weighted by atomic mass is 9.95. The Bertz CT molecular complexity index is 1650. The fourth-order valence-corrected chi connectivity index (χ4v) is 5.58. The highest BCUT2D eigenvalue weighted by molar-refractivity contribution is 5.80. The third-order valence-corrected chi connectivity index (χ3v) is 7.77. The van der Waals surface area contributed by atoms with Gasteiger partial charge in [0, 0.05) is 35.8 Å². The number of likely N-dealkylation sites (tertiary alicyclic amines) is 1. The molecule has 1 N–H and O–H groups in total. The zero-order chi connectivity index (χ0) is 26.4. The van der Waals surface area contributed by atoms with E-state index in [1.807, 2.05) is 53.6 Å². The van der Waals surface area contributed by atoms with Gasteiger partial charge in [0.25, 0.3) is 0 Å². The SMILES string of the molecule is O=C(OCc1ccccc1)N1CC[C@@H](n2ccc3cc(-c4ncc(-n5ccnn5)cc4O)nnc32)CC12CC2. The first kappa shape index (κ1) is 23.3. The first-order chi connectivity index (χ1) is 19.1. The molecular formula is C28H26N8O3. The summed E-state index contributed by atoms with van der Waals surface area (Å²) in [5.74, 6) is -0.0155. The summed E-state index contributed by atoms with van der Waals surface area (Å²) in [5, 5.41) is 28.2. The average molecular weight is 523 g/mol. The van der Waals surface area contributed by atoms with Crippen LogP contribution in [0.4, 0.5) is 4.79 Å². The molecule has 1 atom stereocenters. The Labute approximate surface area is 223 Å². The van der Waals surface area contributed by atoms with Gasteiger partial charge in [-0.2, -0.15) is 0 Å². The molecule has 1 aromatic carbocycles. The lowest BCUT2D eigenvalue weighted by molar-refractivity contribution is 0.0507. The molecule has 7 rings (SSSR count). The van der Waals surface area contributed by atoms with Crippen molar-refractivity contribution in [3.8, 4) is 22.8 Å². The molecular weight excluding hydrogens is 496 g/mol. The molecule has 1 saturated carbocycles. The molecule has 39 heavy (non-hydrogen) atoms. The van der Waals surface area contributed by atoms with E-state index in [4.69, 9.17) is 4.74 Å². The molecule has 4 aromatic heterocycles. The molecule has 11 heteroatoms. The molecule has 1 aliphatic heterocycles. The first-order valence-corrected chi connectivity index (χ1v) is 13.0. The van der Waals surface area contributed by atoms with Crippen molar-refractivity contribution in [1.29, 1.82) is 0 Å². The predicted molar refractivity (Wildman–Crippen MR) is 141 cm³/mol. The van der Waals surface area contributed by atoms with Crippen LogP contribution in [0.1, 0.15) is 37.3 Å². The minimum absolute atomic E-state index is 0.0155. The Morgan fingerprint density at radius 3 is 2.74 bits per heavy atom. The van der Waals surface area contributed by atoms with Gasteiger partial charge in [0.1, 0.15) is 23.7 Å². The van der Waals surface area contributed by atoms with Crippen LogP contribution in [-0.2, 0) is 11.3 Å². The highest BCUT2D eigenvalue weighted by Crippen LogP contribution is 2.51. The Kier molecular flexibility index (Phi) is 5.50. The molecule has 2 fully saturated rings. The smallest absolute Gasteiger partial charge is 0.410 e. The van der Waals surface area contributed by atoms with Gasteiger partial charge >= 0.3 is 6.09 Å². The van der Waals surface area contributed by atoms with Crippen molar-refractivity contribution in [2.75, 3.05) is 6.54 Å². The third-order valence-electron chi connectivity index (χ3n) is 7.77. The standard InChI is InChI=1S/C28H26N8O3/c37-24-15-22(36-13-10-30-33-36)17-29-25(24)23-14-20-6-11-34(26(20)32-31-23)21-7-12-35(28(16-21)8-9-28)27(38)39-18-19-4-2-1-3-5-19/h1-6,10-11,13-15,17,21,37H,7-9,12,16,18H2/t21-/m1/s1. The number of nitrogens with zero attached hydrogens (tertiary/aromatic N) is 8. The van der Waals surface area contributed by atoms with Gasteiger partial charge in [-0.3, -0.25) is 0 Å². The second-order valence-electron chi connectivity index (χ2n) is 10.2. The zero-order valence-corrected chi connectivity index (χ0v) is 21.1. The molecule has 0 radical (unpaired) electrons. The molecule has 0 unspecified atom stereocenters. The molecule has 1 amide bonds. The summed E-state index contributed by atoms with van der Waals surface area (Å²) in [6, 6.07) is 15.4. The maximum absolute atomic E-state index is 13.0.